The second kappa shape index (κ2) is 15.3. The van der Waals surface area contributed by atoms with E-state index in [1.807, 2.05) is 24.4 Å². The van der Waals surface area contributed by atoms with Gasteiger partial charge in [0.1, 0.15) is 11.9 Å². The third-order valence-corrected chi connectivity index (χ3v) is 11.6. The van der Waals surface area contributed by atoms with Crippen molar-refractivity contribution in [2.75, 3.05) is 55.0 Å². The van der Waals surface area contributed by atoms with Crippen LogP contribution in [0.2, 0.25) is 5.02 Å². The number of urea groups is 1. The van der Waals surface area contributed by atoms with E-state index in [1.54, 1.807) is 19.2 Å². The Labute approximate surface area is 333 Å². The van der Waals surface area contributed by atoms with Crippen molar-refractivity contribution >= 4 is 58.0 Å². The molecule has 5 aromatic rings. The van der Waals surface area contributed by atoms with Crippen molar-refractivity contribution < 1.29 is 23.5 Å². The molecule has 0 bridgehead atoms. The Bertz CT molecular complexity index is 2370. The number of ether oxygens (including phenoxy) is 1. The van der Waals surface area contributed by atoms with Gasteiger partial charge in [-0.2, -0.15) is 0 Å². The minimum absolute atomic E-state index is 0.223. The summed E-state index contributed by atoms with van der Waals surface area (Å²) in [5.41, 5.74) is 7.40. The van der Waals surface area contributed by atoms with Crippen molar-refractivity contribution in [3.05, 3.63) is 88.8 Å². The van der Waals surface area contributed by atoms with Gasteiger partial charge in [-0.15, -0.1) is 5.10 Å². The van der Waals surface area contributed by atoms with Gasteiger partial charge in [-0.25, -0.2) is 18.7 Å². The third-order valence-electron chi connectivity index (χ3n) is 11.3. The molecule has 2 atom stereocenters. The van der Waals surface area contributed by atoms with E-state index in [2.05, 4.69) is 55.0 Å². The number of hydrogen-bond acceptors (Lipinski definition) is 10. The van der Waals surface area contributed by atoms with Crippen molar-refractivity contribution in [2.24, 2.45) is 5.92 Å². The summed E-state index contributed by atoms with van der Waals surface area (Å²) in [7, 11) is 1.81. The Kier molecular flexibility index (Phi) is 9.86. The van der Waals surface area contributed by atoms with Crippen LogP contribution in [-0.4, -0.2) is 94.4 Å². The van der Waals surface area contributed by atoms with Crippen LogP contribution < -0.4 is 30.5 Å². The smallest absolute Gasteiger partial charge is 0.328 e. The van der Waals surface area contributed by atoms with Crippen molar-refractivity contribution in [1.82, 2.24) is 35.1 Å². The number of rotatable bonds is 11. The summed E-state index contributed by atoms with van der Waals surface area (Å²) in [6.45, 7) is 4.26. The van der Waals surface area contributed by atoms with E-state index in [0.29, 0.717) is 53.4 Å². The molecule has 1 aliphatic carbocycles. The molecule has 3 aliphatic heterocycles. The lowest BCUT2D eigenvalue weighted by Gasteiger charge is -2.32. The average Bonchev–Trinajstić information content (AvgIpc) is 3.54. The maximum Gasteiger partial charge on any atom is 0.328 e. The maximum absolute atomic E-state index is 13.5. The monoisotopic (exact) mass is 792 g/mol. The van der Waals surface area contributed by atoms with Crippen LogP contribution in [0.25, 0.3) is 16.9 Å². The van der Waals surface area contributed by atoms with Gasteiger partial charge in [0.25, 0.3) is 5.91 Å². The van der Waals surface area contributed by atoms with Crippen LogP contribution in [0.1, 0.15) is 47.3 Å². The molecule has 0 spiro atoms. The van der Waals surface area contributed by atoms with Gasteiger partial charge >= 0.3 is 6.03 Å². The van der Waals surface area contributed by atoms with Crippen molar-refractivity contribution in [1.29, 1.82) is 0 Å². The Hall–Kier alpha value is -5.80. The largest absolute Gasteiger partial charge is 0.493 e. The Morgan fingerprint density at radius 1 is 0.982 bits per heavy atom. The number of alkyl halides is 1. The summed E-state index contributed by atoms with van der Waals surface area (Å²) in [5.74, 6) is 1.03. The van der Waals surface area contributed by atoms with E-state index in [0.717, 1.165) is 67.1 Å². The predicted molar refractivity (Wildman–Crippen MR) is 214 cm³/mol. The van der Waals surface area contributed by atoms with Crippen LogP contribution >= 0.6 is 11.6 Å². The quantitative estimate of drug-likeness (QED) is 0.151. The highest BCUT2D eigenvalue weighted by Crippen LogP contribution is 2.40. The molecule has 16 heteroatoms. The van der Waals surface area contributed by atoms with Crippen LogP contribution in [0.4, 0.5) is 32.1 Å². The Morgan fingerprint density at radius 3 is 2.56 bits per heavy atom. The molecule has 6 heterocycles. The second-order valence-corrected chi connectivity index (χ2v) is 15.4. The highest BCUT2D eigenvalue weighted by atomic mass is 35.5. The number of carbonyl (C=O) groups excluding carboxylic acids is 3. The first-order valence-corrected chi connectivity index (χ1v) is 19.7. The van der Waals surface area contributed by atoms with Gasteiger partial charge in [0.05, 0.1) is 40.9 Å². The lowest BCUT2D eigenvalue weighted by Crippen LogP contribution is -2.49. The van der Waals surface area contributed by atoms with E-state index < -0.39 is 24.2 Å². The predicted octanol–water partition coefficient (Wildman–Crippen LogP) is 5.76. The summed E-state index contributed by atoms with van der Waals surface area (Å²) in [6.07, 6.45) is 5.80. The summed E-state index contributed by atoms with van der Waals surface area (Å²) in [4.78, 5) is 52.4. The fourth-order valence-corrected chi connectivity index (χ4v) is 8.16. The zero-order valence-corrected chi connectivity index (χ0v) is 32.1. The number of halogens is 2. The first-order valence-electron chi connectivity index (χ1n) is 19.3. The standard InChI is InChI=1S/C41H42ClFN10O4/c1-44-33-19-37(49-53-36(21-46-39(33)53)40(55)47-32-18-30(32)43)51-15-11-28-27(3-2-4-34(28)51)31-8-5-25(20-45-31)22-50-13-9-24(10-14-50)23-57-26-6-7-29(42)35(17-26)52-16-12-38(54)48-41(52)56/h2-8,17,19-21,24,30,32,44H,9-16,18,22-23H2,1H3,(H,47,55)(H,48,54,56)/t30-,32+/m0/s1. The van der Waals surface area contributed by atoms with Gasteiger partial charge < -0.3 is 20.3 Å². The number of likely N-dealkylation sites (tertiary alicyclic amines) is 1. The van der Waals surface area contributed by atoms with Gasteiger partial charge in [0.15, 0.2) is 17.2 Å². The average molecular weight is 793 g/mol. The molecule has 9 rings (SSSR count). The molecule has 0 unspecified atom stereocenters. The SMILES string of the molecule is CNc1cc(N2CCc3c(-c4ccc(CN5CCC(COc6ccc(Cl)c(N7CCC(=O)NC7=O)c6)CC5)cn4)cccc32)nn2c(C(=O)N[C@@H]3C[C@@H]3F)cnc12. The minimum Gasteiger partial charge on any atom is -0.493 e. The van der Waals surface area contributed by atoms with Gasteiger partial charge in [-0.3, -0.25) is 29.7 Å². The molecule has 4 amide bonds. The Morgan fingerprint density at radius 2 is 1.81 bits per heavy atom. The molecule has 4 aliphatic rings. The fourth-order valence-electron chi connectivity index (χ4n) is 7.94. The molecule has 1 saturated carbocycles. The number of pyridine rings is 1. The molecule has 3 N–H and O–H groups in total. The highest BCUT2D eigenvalue weighted by Gasteiger charge is 2.39. The van der Waals surface area contributed by atoms with Crippen LogP contribution in [0, 0.1) is 5.92 Å². The number of benzene rings is 2. The van der Waals surface area contributed by atoms with Crippen LogP contribution in [0.3, 0.4) is 0 Å². The van der Waals surface area contributed by atoms with Crippen LogP contribution in [0.5, 0.6) is 5.75 Å². The number of piperidine rings is 1. The highest BCUT2D eigenvalue weighted by molar-refractivity contribution is 6.34. The summed E-state index contributed by atoms with van der Waals surface area (Å²) in [6, 6.07) is 16.8. The van der Waals surface area contributed by atoms with Gasteiger partial charge in [0.2, 0.25) is 5.91 Å². The number of aromatic nitrogens is 4. The number of nitrogens with zero attached hydrogens (tertiary/aromatic N) is 7. The topological polar surface area (TPSA) is 149 Å². The van der Waals surface area contributed by atoms with Crippen molar-refractivity contribution in [3.8, 4) is 17.0 Å². The van der Waals surface area contributed by atoms with E-state index in [9.17, 15) is 18.8 Å². The number of amides is 4. The number of nitrogens with one attached hydrogen (secondary N) is 3. The molecule has 3 fully saturated rings. The zero-order valence-electron chi connectivity index (χ0n) is 31.4. The molecular weight excluding hydrogens is 751 g/mol. The number of carbonyl (C=O) groups is 3. The van der Waals surface area contributed by atoms with Gasteiger partial charge in [0, 0.05) is 69.1 Å². The van der Waals surface area contributed by atoms with Crippen LogP contribution in [0.15, 0.2) is 67.0 Å². The molecule has 294 valence electrons. The molecule has 2 saturated heterocycles. The number of imide groups is 1. The second-order valence-electron chi connectivity index (χ2n) is 15.0. The van der Waals surface area contributed by atoms with E-state index in [4.69, 9.17) is 26.4 Å². The molecule has 57 heavy (non-hydrogen) atoms. The normalized spacial score (nSPS) is 19.8. The van der Waals surface area contributed by atoms with Gasteiger partial charge in [-0.1, -0.05) is 29.8 Å². The number of imidazole rings is 1. The maximum atomic E-state index is 13.5. The molecule has 14 nitrogen and oxygen atoms in total. The number of hydrogen-bond donors (Lipinski definition) is 3. The third kappa shape index (κ3) is 7.44. The lowest BCUT2D eigenvalue weighted by atomic mass is 9.97. The Balaban J connectivity index is 0.821. The van der Waals surface area contributed by atoms with Gasteiger partial charge in [-0.05, 0) is 73.7 Å². The fraction of sp³-hybridized carbons (Fsp3) is 0.366. The molecular formula is C41H42ClFN10O4. The van der Waals surface area contributed by atoms with E-state index in [-0.39, 0.29) is 24.6 Å². The minimum atomic E-state index is -1.01. The molecule has 0 radical (unpaired) electrons. The van der Waals surface area contributed by atoms with E-state index in [1.165, 1.54) is 21.2 Å². The van der Waals surface area contributed by atoms with Crippen molar-refractivity contribution in [3.63, 3.8) is 0 Å². The zero-order chi connectivity index (χ0) is 39.2. The summed E-state index contributed by atoms with van der Waals surface area (Å²) in [5, 5.41) is 13.5. The summed E-state index contributed by atoms with van der Waals surface area (Å²) >= 11 is 6.40. The molecule has 3 aromatic heterocycles. The van der Waals surface area contributed by atoms with Crippen LogP contribution in [-0.2, 0) is 17.8 Å². The number of fused-ring (bicyclic) bond motifs is 2. The lowest BCUT2D eigenvalue weighted by molar-refractivity contribution is -0.120. The van der Waals surface area contributed by atoms with Crippen molar-refractivity contribution in [2.45, 2.75) is 50.9 Å². The number of anilines is 4. The first-order chi connectivity index (χ1) is 27.7. The van der Waals surface area contributed by atoms with E-state index >= 15 is 0 Å². The molecule has 2 aromatic carbocycles. The summed E-state index contributed by atoms with van der Waals surface area (Å²) < 4.78 is 21.2. The first kappa shape index (κ1) is 36.8.